The Labute approximate surface area is 173 Å². The van der Waals surface area contributed by atoms with E-state index in [1.807, 2.05) is 38.1 Å². The minimum Gasteiger partial charge on any atom is -0.502 e. The van der Waals surface area contributed by atoms with Crippen LogP contribution in [0, 0.1) is 12.8 Å². The van der Waals surface area contributed by atoms with Gasteiger partial charge in [0, 0.05) is 18.2 Å². The average Bonchev–Trinajstić information content (AvgIpc) is 2.70. The van der Waals surface area contributed by atoms with Crippen LogP contribution in [0.2, 0.25) is 0 Å². The zero-order chi connectivity index (χ0) is 22.0. The van der Waals surface area contributed by atoms with E-state index in [9.17, 15) is 19.5 Å². The van der Waals surface area contributed by atoms with Crippen LogP contribution in [0.4, 0.5) is 0 Å². The number of carbonyl (C=O) groups is 1. The minimum absolute atomic E-state index is 0.117. The number of carbonyl (C=O) groups excluding carboxylic acids is 1. The predicted molar refractivity (Wildman–Crippen MR) is 113 cm³/mol. The highest BCUT2D eigenvalue weighted by Gasteiger charge is 2.29. The maximum absolute atomic E-state index is 13.5. The van der Waals surface area contributed by atoms with Gasteiger partial charge in [-0.15, -0.1) is 0 Å². The average molecular weight is 411 g/mol. The summed E-state index contributed by atoms with van der Waals surface area (Å²) >= 11 is 0. The van der Waals surface area contributed by atoms with Crippen LogP contribution in [0.3, 0.4) is 0 Å². The van der Waals surface area contributed by atoms with Crippen LogP contribution in [0.5, 0.6) is 5.75 Å². The Bertz CT molecular complexity index is 1200. The Balaban J connectivity index is 2.34. The molecule has 2 heterocycles. The molecule has 158 valence electrons. The van der Waals surface area contributed by atoms with E-state index in [-0.39, 0.29) is 35.0 Å². The van der Waals surface area contributed by atoms with Gasteiger partial charge < -0.3 is 18.8 Å². The molecule has 0 radical (unpaired) electrons. The summed E-state index contributed by atoms with van der Waals surface area (Å²) in [6.07, 6.45) is -0.258. The molecule has 30 heavy (non-hydrogen) atoms. The van der Waals surface area contributed by atoms with Crippen molar-refractivity contribution in [1.29, 1.82) is 0 Å². The van der Waals surface area contributed by atoms with Crippen molar-refractivity contribution < 1.29 is 19.1 Å². The van der Waals surface area contributed by atoms with Gasteiger partial charge in [-0.1, -0.05) is 32.0 Å². The van der Waals surface area contributed by atoms with Gasteiger partial charge in [0.1, 0.15) is 5.76 Å². The van der Waals surface area contributed by atoms with Crippen molar-refractivity contribution in [3.63, 3.8) is 0 Å². The lowest BCUT2D eigenvalue weighted by Gasteiger charge is -2.20. The summed E-state index contributed by atoms with van der Waals surface area (Å²) < 4.78 is 12.1. The Hall–Kier alpha value is -3.35. The van der Waals surface area contributed by atoms with Crippen molar-refractivity contribution in [2.45, 2.75) is 39.7 Å². The molecular formula is C23H25NO6. The molecule has 0 aliphatic heterocycles. The first-order chi connectivity index (χ1) is 14.2. The van der Waals surface area contributed by atoms with Crippen molar-refractivity contribution in [3.8, 4) is 5.75 Å². The molecule has 7 heteroatoms. The summed E-state index contributed by atoms with van der Waals surface area (Å²) in [6, 6.07) is 10.3. The first-order valence-corrected chi connectivity index (χ1v) is 9.75. The SMILES string of the molecule is COC(=O)C[C@@H](c1oc(C)cc(=O)c1O)c1cc2ccccc2n(CC(C)C)c1=O. The fraction of sp³-hybridized carbons (Fsp3) is 0.348. The quantitative estimate of drug-likeness (QED) is 0.625. The number of esters is 1. The number of benzene rings is 1. The Morgan fingerprint density at radius 2 is 1.90 bits per heavy atom. The van der Waals surface area contributed by atoms with Crippen LogP contribution in [0.25, 0.3) is 10.9 Å². The maximum atomic E-state index is 13.5. The normalized spacial score (nSPS) is 12.3. The summed E-state index contributed by atoms with van der Waals surface area (Å²) in [5.74, 6) is -1.82. The third-order valence-electron chi connectivity index (χ3n) is 4.94. The highest BCUT2D eigenvalue weighted by Crippen LogP contribution is 2.33. The number of nitrogens with zero attached hydrogens (tertiary/aromatic N) is 1. The largest absolute Gasteiger partial charge is 0.502 e. The van der Waals surface area contributed by atoms with Crippen molar-refractivity contribution in [3.05, 3.63) is 74.1 Å². The van der Waals surface area contributed by atoms with Crippen molar-refractivity contribution in [2.75, 3.05) is 7.11 Å². The number of aryl methyl sites for hydroxylation is 1. The van der Waals surface area contributed by atoms with Gasteiger partial charge in [0.2, 0.25) is 11.2 Å². The van der Waals surface area contributed by atoms with E-state index in [2.05, 4.69) is 0 Å². The Morgan fingerprint density at radius 1 is 1.20 bits per heavy atom. The number of para-hydroxylation sites is 1. The second kappa shape index (κ2) is 8.57. The second-order valence-corrected chi connectivity index (χ2v) is 7.74. The lowest BCUT2D eigenvalue weighted by Crippen LogP contribution is -2.29. The van der Waals surface area contributed by atoms with Crippen LogP contribution in [-0.2, 0) is 16.1 Å². The zero-order valence-electron chi connectivity index (χ0n) is 17.5. The first-order valence-electron chi connectivity index (χ1n) is 9.75. The van der Waals surface area contributed by atoms with Gasteiger partial charge in [-0.2, -0.15) is 0 Å². The molecule has 3 aromatic rings. The van der Waals surface area contributed by atoms with Gasteiger partial charge in [-0.25, -0.2) is 0 Å². The number of hydrogen-bond donors (Lipinski definition) is 1. The number of pyridine rings is 1. The zero-order valence-corrected chi connectivity index (χ0v) is 17.5. The lowest BCUT2D eigenvalue weighted by molar-refractivity contribution is -0.140. The molecule has 0 unspecified atom stereocenters. The van der Waals surface area contributed by atoms with E-state index in [0.29, 0.717) is 6.54 Å². The molecular weight excluding hydrogens is 386 g/mol. The van der Waals surface area contributed by atoms with Crippen LogP contribution < -0.4 is 11.0 Å². The van der Waals surface area contributed by atoms with Gasteiger partial charge in [0.05, 0.1) is 25.0 Å². The molecule has 0 aliphatic carbocycles. The molecule has 0 saturated heterocycles. The Morgan fingerprint density at radius 3 is 2.57 bits per heavy atom. The lowest BCUT2D eigenvalue weighted by atomic mass is 9.91. The minimum atomic E-state index is -0.972. The van der Waals surface area contributed by atoms with Gasteiger partial charge in [-0.3, -0.25) is 14.4 Å². The number of rotatable bonds is 6. The highest BCUT2D eigenvalue weighted by atomic mass is 16.5. The van der Waals surface area contributed by atoms with E-state index >= 15 is 0 Å². The number of ether oxygens (including phenoxy) is 1. The van der Waals surface area contributed by atoms with Crippen molar-refractivity contribution in [1.82, 2.24) is 4.57 Å². The van der Waals surface area contributed by atoms with Gasteiger partial charge in [-0.05, 0) is 30.4 Å². The molecule has 0 spiro atoms. The molecule has 0 saturated carbocycles. The van der Waals surface area contributed by atoms with Crippen LogP contribution in [0.1, 0.15) is 43.3 Å². The topological polar surface area (TPSA) is 98.7 Å². The van der Waals surface area contributed by atoms with Gasteiger partial charge in [0.25, 0.3) is 5.56 Å². The smallest absolute Gasteiger partial charge is 0.306 e. The molecule has 0 fully saturated rings. The molecule has 7 nitrogen and oxygen atoms in total. The molecule has 0 amide bonds. The third-order valence-corrected chi connectivity index (χ3v) is 4.94. The number of hydrogen-bond acceptors (Lipinski definition) is 6. The summed E-state index contributed by atoms with van der Waals surface area (Å²) in [5.41, 5.74) is 0.0854. The van der Waals surface area contributed by atoms with Crippen LogP contribution in [-0.4, -0.2) is 22.8 Å². The van der Waals surface area contributed by atoms with Gasteiger partial charge >= 0.3 is 5.97 Å². The Kier molecular flexibility index (Phi) is 6.10. The van der Waals surface area contributed by atoms with E-state index in [0.717, 1.165) is 17.0 Å². The second-order valence-electron chi connectivity index (χ2n) is 7.74. The fourth-order valence-corrected chi connectivity index (χ4v) is 3.60. The molecule has 1 atom stereocenters. The summed E-state index contributed by atoms with van der Waals surface area (Å²) in [4.78, 5) is 37.8. The standard InChI is InChI=1S/C23H25NO6/c1-13(2)12-24-18-8-6-5-7-15(18)10-17(23(24)28)16(11-20(26)29-4)22-21(27)19(25)9-14(3)30-22/h5-10,13,16,27H,11-12H2,1-4H3/t16-/m1/s1. The number of aromatic nitrogens is 1. The van der Waals surface area contributed by atoms with Crippen molar-refractivity contribution >= 4 is 16.9 Å². The van der Waals surface area contributed by atoms with Crippen LogP contribution >= 0.6 is 0 Å². The molecule has 1 aromatic carbocycles. The van der Waals surface area contributed by atoms with Gasteiger partial charge in [0.15, 0.2) is 5.76 Å². The molecule has 0 bridgehead atoms. The van der Waals surface area contributed by atoms with E-state index in [1.54, 1.807) is 17.6 Å². The maximum Gasteiger partial charge on any atom is 0.306 e. The predicted octanol–water partition coefficient (Wildman–Crippen LogP) is 3.32. The van der Waals surface area contributed by atoms with E-state index in [1.165, 1.54) is 7.11 Å². The number of aromatic hydroxyl groups is 1. The van der Waals surface area contributed by atoms with Crippen LogP contribution in [0.15, 0.2) is 50.4 Å². The molecule has 0 aliphatic rings. The van der Waals surface area contributed by atoms with Crippen molar-refractivity contribution in [2.24, 2.45) is 5.92 Å². The number of methoxy groups -OCH3 is 1. The summed E-state index contributed by atoms with van der Waals surface area (Å²) in [7, 11) is 1.24. The van der Waals surface area contributed by atoms with E-state index in [4.69, 9.17) is 9.15 Å². The monoisotopic (exact) mass is 411 g/mol. The molecule has 2 aromatic heterocycles. The summed E-state index contributed by atoms with van der Waals surface area (Å²) in [6.45, 7) is 6.05. The summed E-state index contributed by atoms with van der Waals surface area (Å²) in [5, 5.41) is 11.2. The highest BCUT2D eigenvalue weighted by molar-refractivity contribution is 5.80. The first kappa shape index (κ1) is 21.4. The fourth-order valence-electron chi connectivity index (χ4n) is 3.60. The van der Waals surface area contributed by atoms with E-state index < -0.39 is 23.1 Å². The molecule has 1 N–H and O–H groups in total. The number of fused-ring (bicyclic) bond motifs is 1. The molecule has 3 rings (SSSR count). The third kappa shape index (κ3) is 4.15.